The fourth-order valence-electron chi connectivity index (χ4n) is 0.291. The molecule has 1 nitrogen and oxygen atoms in total. The van der Waals surface area contributed by atoms with Crippen molar-refractivity contribution in [1.29, 1.82) is 0 Å². The molecule has 0 aromatic carbocycles. The summed E-state index contributed by atoms with van der Waals surface area (Å²) in [6, 6.07) is 0. The summed E-state index contributed by atoms with van der Waals surface area (Å²) in [7, 11) is 0. The Kier molecular flexibility index (Phi) is 3.60. The predicted octanol–water partition coefficient (Wildman–Crippen LogP) is -2.27. The van der Waals surface area contributed by atoms with Gasteiger partial charge in [0.25, 0.3) is 0 Å². The molecule has 0 radical (unpaired) electrons. The van der Waals surface area contributed by atoms with Gasteiger partial charge in [0.15, 0.2) is 0 Å². The zero-order chi connectivity index (χ0) is 4.41. The monoisotopic (exact) mass is 156 g/mol. The van der Waals surface area contributed by atoms with Crippen LogP contribution >= 0.6 is 0 Å². The van der Waals surface area contributed by atoms with Crippen LogP contribution in [0, 0.1) is 0 Å². The number of rotatable bonds is 0. The third-order valence-electron chi connectivity index (χ3n) is 0.536. The Morgan fingerprint density at radius 2 is 1.71 bits per heavy atom. The molecule has 1 heterocycles. The molecule has 0 amide bonds. The third kappa shape index (κ3) is 2.26. The van der Waals surface area contributed by atoms with Gasteiger partial charge in [-0.15, -0.1) is 0 Å². The minimum Gasteiger partial charge on any atom is -1.00 e. The molecule has 7 heavy (non-hydrogen) atoms. The molecule has 1 rings (SSSR count). The maximum atomic E-state index is 10.3. The van der Waals surface area contributed by atoms with Crippen molar-refractivity contribution in [2.45, 2.75) is 0 Å². The van der Waals surface area contributed by atoms with Gasteiger partial charge >= 0.3 is 58.6 Å². The Hall–Kier alpha value is 0.397. The molecule has 3 heteroatoms. The molecular weight excluding hydrogens is 150 g/mol. The van der Waals surface area contributed by atoms with Crippen molar-refractivity contribution in [3.05, 3.63) is 22.1 Å². The standard InChI is InChI=1S/C4H4OSe.Li.H/c5-6-3-1-2-4-6;;/h1-4H;;/q;+1;-1. The van der Waals surface area contributed by atoms with Crippen LogP contribution in [0.1, 0.15) is 1.43 Å². The van der Waals surface area contributed by atoms with E-state index in [2.05, 4.69) is 0 Å². The Morgan fingerprint density at radius 1 is 1.29 bits per heavy atom. The molecule has 0 aromatic rings. The maximum Gasteiger partial charge on any atom is 1.00 e. The van der Waals surface area contributed by atoms with E-state index in [4.69, 9.17) is 0 Å². The molecule has 0 aromatic heterocycles. The van der Waals surface area contributed by atoms with Crippen LogP contribution in [0.15, 0.2) is 22.1 Å². The second kappa shape index (κ2) is 3.41. The molecule has 0 N–H and O–H groups in total. The van der Waals surface area contributed by atoms with Gasteiger partial charge in [0.05, 0.1) is 0 Å². The van der Waals surface area contributed by atoms with E-state index in [1.54, 1.807) is 9.95 Å². The largest absolute Gasteiger partial charge is 1.00 e. The quantitative estimate of drug-likeness (QED) is 0.360. The topological polar surface area (TPSA) is 17.1 Å². The first-order valence-electron chi connectivity index (χ1n) is 1.64. The smallest absolute Gasteiger partial charge is 1.00 e. The van der Waals surface area contributed by atoms with Crippen molar-refractivity contribution >= 4 is 13.8 Å². The predicted molar refractivity (Wildman–Crippen MR) is 25.8 cm³/mol. The van der Waals surface area contributed by atoms with Gasteiger partial charge in [-0.25, -0.2) is 0 Å². The van der Waals surface area contributed by atoms with E-state index in [1.165, 1.54) is 0 Å². The van der Waals surface area contributed by atoms with Crippen LogP contribution in [0.4, 0.5) is 0 Å². The van der Waals surface area contributed by atoms with E-state index in [0.29, 0.717) is 0 Å². The molecule has 0 saturated carbocycles. The molecule has 0 saturated heterocycles. The van der Waals surface area contributed by atoms with Gasteiger partial charge < -0.3 is 1.43 Å². The molecule has 34 valence electrons. The second-order valence-corrected chi connectivity index (χ2v) is 3.51. The Morgan fingerprint density at radius 3 is 1.86 bits per heavy atom. The summed E-state index contributed by atoms with van der Waals surface area (Å²) in [5.74, 6) is 0. The van der Waals surface area contributed by atoms with Gasteiger partial charge in [-0.2, -0.15) is 0 Å². The molecule has 0 spiro atoms. The Balaban J connectivity index is 0. The molecule has 1 aliphatic rings. The van der Waals surface area contributed by atoms with Gasteiger partial charge in [0.1, 0.15) is 0 Å². The summed E-state index contributed by atoms with van der Waals surface area (Å²) in [5, 5.41) is 0. The van der Waals surface area contributed by atoms with E-state index in [0.717, 1.165) is 0 Å². The summed E-state index contributed by atoms with van der Waals surface area (Å²) >= 11 is -1.55. The molecular formula is C4H5LiOSe. The van der Waals surface area contributed by atoms with E-state index in [1.807, 2.05) is 12.2 Å². The zero-order valence-corrected chi connectivity index (χ0v) is 5.84. The number of hydrogen-bond acceptors (Lipinski definition) is 1. The van der Waals surface area contributed by atoms with Crippen molar-refractivity contribution < 1.29 is 24.1 Å². The van der Waals surface area contributed by atoms with E-state index < -0.39 is 13.8 Å². The first-order chi connectivity index (χ1) is 2.89. The van der Waals surface area contributed by atoms with E-state index in [9.17, 15) is 3.83 Å². The van der Waals surface area contributed by atoms with Crippen LogP contribution in [0.3, 0.4) is 0 Å². The Labute approximate surface area is 60.2 Å². The van der Waals surface area contributed by atoms with Crippen molar-refractivity contribution in [1.82, 2.24) is 0 Å². The van der Waals surface area contributed by atoms with Crippen LogP contribution in [-0.4, -0.2) is 13.8 Å². The summed E-state index contributed by atoms with van der Waals surface area (Å²) in [4.78, 5) is 3.47. The van der Waals surface area contributed by atoms with Gasteiger partial charge in [0.2, 0.25) is 0 Å². The van der Waals surface area contributed by atoms with Gasteiger partial charge in [-0.05, 0) is 0 Å². The minimum atomic E-state index is -1.55. The fourth-order valence-corrected chi connectivity index (χ4v) is 1.51. The summed E-state index contributed by atoms with van der Waals surface area (Å²) < 4.78 is 10.3. The average Bonchev–Trinajstić information content (AvgIpc) is 1.86. The van der Waals surface area contributed by atoms with Crippen molar-refractivity contribution in [2.75, 3.05) is 0 Å². The summed E-state index contributed by atoms with van der Waals surface area (Å²) in [6.45, 7) is 0. The van der Waals surface area contributed by atoms with Crippen molar-refractivity contribution in [3.8, 4) is 0 Å². The molecule has 0 unspecified atom stereocenters. The molecule has 0 bridgehead atoms. The molecule has 0 atom stereocenters. The van der Waals surface area contributed by atoms with Crippen molar-refractivity contribution in [3.63, 3.8) is 0 Å². The van der Waals surface area contributed by atoms with Gasteiger partial charge in [-0.3, -0.25) is 0 Å². The average molecular weight is 155 g/mol. The van der Waals surface area contributed by atoms with Gasteiger partial charge in [-0.1, -0.05) is 0 Å². The van der Waals surface area contributed by atoms with Gasteiger partial charge in [0, 0.05) is 0 Å². The molecule has 0 fully saturated rings. The molecule has 1 aliphatic heterocycles. The normalized spacial score (nSPS) is 17.1. The second-order valence-electron chi connectivity index (χ2n) is 0.986. The van der Waals surface area contributed by atoms with Crippen LogP contribution in [-0.2, 0) is 3.83 Å². The van der Waals surface area contributed by atoms with E-state index >= 15 is 0 Å². The van der Waals surface area contributed by atoms with Crippen LogP contribution < -0.4 is 18.9 Å². The number of allylic oxidation sites excluding steroid dienone is 2. The number of hydrogen-bond donors (Lipinski definition) is 0. The third-order valence-corrected chi connectivity index (χ3v) is 2.32. The Bertz CT molecular complexity index is 118. The SMILES string of the molecule is O=[Se]1C=CC=C1.[H-].[Li+]. The van der Waals surface area contributed by atoms with Crippen LogP contribution in [0.25, 0.3) is 0 Å². The summed E-state index contributed by atoms with van der Waals surface area (Å²) in [6.07, 6.45) is 3.63. The van der Waals surface area contributed by atoms with Crippen molar-refractivity contribution in [2.24, 2.45) is 0 Å². The van der Waals surface area contributed by atoms with Crippen LogP contribution in [0.2, 0.25) is 0 Å². The fraction of sp³-hybridized carbons (Fsp3) is 0. The first-order valence-corrected chi connectivity index (χ1v) is 4.32. The first kappa shape index (κ1) is 7.40. The van der Waals surface area contributed by atoms with Crippen LogP contribution in [0.5, 0.6) is 0 Å². The molecule has 0 aliphatic carbocycles. The summed E-state index contributed by atoms with van der Waals surface area (Å²) in [5.41, 5.74) is 0. The maximum absolute atomic E-state index is 10.3. The zero-order valence-electron chi connectivity index (χ0n) is 5.13. The minimum absolute atomic E-state index is 0. The van der Waals surface area contributed by atoms with E-state index in [-0.39, 0.29) is 20.3 Å².